The minimum atomic E-state index is 0.850. The van der Waals surface area contributed by atoms with Crippen LogP contribution >= 0.6 is 0 Å². The van der Waals surface area contributed by atoms with Crippen LogP contribution in [0.1, 0.15) is 56.1 Å². The van der Waals surface area contributed by atoms with Gasteiger partial charge in [-0.2, -0.15) is 0 Å². The first-order valence-electron chi connectivity index (χ1n) is 6.70. The molecule has 0 saturated heterocycles. The van der Waals surface area contributed by atoms with Crippen molar-refractivity contribution >= 4 is 5.82 Å². The van der Waals surface area contributed by atoms with Crippen molar-refractivity contribution in [1.82, 2.24) is 9.97 Å². The van der Waals surface area contributed by atoms with E-state index in [9.17, 15) is 0 Å². The van der Waals surface area contributed by atoms with Gasteiger partial charge in [-0.25, -0.2) is 15.8 Å². The van der Waals surface area contributed by atoms with E-state index >= 15 is 0 Å². The van der Waals surface area contributed by atoms with Crippen LogP contribution in [-0.2, 0) is 19.3 Å². The number of hydrogen-bond acceptors (Lipinski definition) is 4. The highest BCUT2D eigenvalue weighted by Crippen LogP contribution is 2.24. The van der Waals surface area contributed by atoms with Crippen molar-refractivity contribution in [2.45, 2.75) is 58.3 Å². The number of hydrogen-bond donors (Lipinski definition) is 2. The van der Waals surface area contributed by atoms with Gasteiger partial charge in [0.25, 0.3) is 0 Å². The van der Waals surface area contributed by atoms with Crippen LogP contribution in [0.15, 0.2) is 0 Å². The van der Waals surface area contributed by atoms with Gasteiger partial charge in [-0.05, 0) is 32.1 Å². The summed E-state index contributed by atoms with van der Waals surface area (Å²) >= 11 is 0. The number of anilines is 1. The standard InChI is InChI=1S/C13H22N4/c1-2-3-9-12-15-11-8-6-4-5-7-10(11)13(16-12)17-14/h2-9,14H2,1H3,(H,15,16,17). The van der Waals surface area contributed by atoms with Crippen molar-refractivity contribution in [3.8, 4) is 0 Å². The Balaban J connectivity index is 2.29. The van der Waals surface area contributed by atoms with E-state index < -0.39 is 0 Å². The number of fused-ring (bicyclic) bond motifs is 1. The Morgan fingerprint density at radius 3 is 2.76 bits per heavy atom. The summed E-state index contributed by atoms with van der Waals surface area (Å²) in [5.41, 5.74) is 5.21. The number of aryl methyl sites for hydroxylation is 2. The fraction of sp³-hybridized carbons (Fsp3) is 0.692. The minimum absolute atomic E-state index is 0.850. The van der Waals surface area contributed by atoms with Crippen LogP contribution in [0, 0.1) is 0 Å². The Kier molecular flexibility index (Phi) is 4.31. The fourth-order valence-electron chi connectivity index (χ4n) is 2.39. The lowest BCUT2D eigenvalue weighted by molar-refractivity contribution is 0.705. The molecule has 17 heavy (non-hydrogen) atoms. The maximum Gasteiger partial charge on any atom is 0.147 e. The summed E-state index contributed by atoms with van der Waals surface area (Å²) in [4.78, 5) is 9.25. The van der Waals surface area contributed by atoms with Gasteiger partial charge in [-0.15, -0.1) is 0 Å². The highest BCUT2D eigenvalue weighted by atomic mass is 15.3. The number of unbranched alkanes of at least 4 members (excludes halogenated alkanes) is 1. The molecule has 0 amide bonds. The molecule has 4 heteroatoms. The van der Waals surface area contributed by atoms with E-state index in [0.29, 0.717) is 0 Å². The number of nitrogens with two attached hydrogens (primary N) is 1. The van der Waals surface area contributed by atoms with Crippen molar-refractivity contribution in [3.63, 3.8) is 0 Å². The van der Waals surface area contributed by atoms with Gasteiger partial charge in [0.2, 0.25) is 0 Å². The van der Waals surface area contributed by atoms with Crippen LogP contribution < -0.4 is 11.3 Å². The highest BCUT2D eigenvalue weighted by molar-refractivity contribution is 5.46. The molecule has 0 radical (unpaired) electrons. The Morgan fingerprint density at radius 2 is 2.00 bits per heavy atom. The smallest absolute Gasteiger partial charge is 0.147 e. The second-order valence-corrected chi connectivity index (χ2v) is 4.72. The first-order valence-corrected chi connectivity index (χ1v) is 6.70. The van der Waals surface area contributed by atoms with Crippen molar-refractivity contribution in [3.05, 3.63) is 17.1 Å². The number of nitrogens with zero attached hydrogens (tertiary/aromatic N) is 2. The molecule has 0 spiro atoms. The maximum atomic E-state index is 5.58. The van der Waals surface area contributed by atoms with Gasteiger partial charge in [0.05, 0.1) is 0 Å². The first-order chi connectivity index (χ1) is 8.35. The number of hydrazine groups is 1. The van der Waals surface area contributed by atoms with E-state index in [1.807, 2.05) is 0 Å². The van der Waals surface area contributed by atoms with Gasteiger partial charge in [0.15, 0.2) is 0 Å². The van der Waals surface area contributed by atoms with Gasteiger partial charge >= 0.3 is 0 Å². The number of nitrogens with one attached hydrogen (secondary N) is 1. The first kappa shape index (κ1) is 12.3. The molecule has 0 saturated carbocycles. The van der Waals surface area contributed by atoms with Crippen LogP contribution in [0.25, 0.3) is 0 Å². The van der Waals surface area contributed by atoms with Crippen molar-refractivity contribution in [2.24, 2.45) is 5.84 Å². The predicted octanol–water partition coefficient (Wildman–Crippen LogP) is 2.37. The quantitative estimate of drug-likeness (QED) is 0.477. The molecule has 2 rings (SSSR count). The zero-order valence-corrected chi connectivity index (χ0v) is 10.6. The normalized spacial score (nSPS) is 15.2. The van der Waals surface area contributed by atoms with E-state index in [-0.39, 0.29) is 0 Å². The lowest BCUT2D eigenvalue weighted by Gasteiger charge is -2.12. The second kappa shape index (κ2) is 5.96. The van der Waals surface area contributed by atoms with E-state index in [1.54, 1.807) is 0 Å². The molecule has 1 heterocycles. The van der Waals surface area contributed by atoms with Gasteiger partial charge in [0, 0.05) is 17.7 Å². The maximum absolute atomic E-state index is 5.58. The molecule has 0 aliphatic heterocycles. The van der Waals surface area contributed by atoms with Crippen LogP contribution in [0.2, 0.25) is 0 Å². The van der Waals surface area contributed by atoms with Gasteiger partial charge in [-0.1, -0.05) is 19.8 Å². The van der Waals surface area contributed by atoms with Crippen LogP contribution in [0.5, 0.6) is 0 Å². The van der Waals surface area contributed by atoms with Gasteiger partial charge < -0.3 is 5.43 Å². The van der Waals surface area contributed by atoms with E-state index in [4.69, 9.17) is 10.8 Å². The summed E-state index contributed by atoms with van der Waals surface area (Å²) in [5.74, 6) is 7.38. The topological polar surface area (TPSA) is 63.8 Å². The Labute approximate surface area is 103 Å². The number of aromatic nitrogens is 2. The number of rotatable bonds is 4. The molecule has 1 aromatic rings. The third-order valence-electron chi connectivity index (χ3n) is 3.37. The van der Waals surface area contributed by atoms with Crippen molar-refractivity contribution < 1.29 is 0 Å². The SMILES string of the molecule is CCCCc1nc2c(c(NN)n1)CCCCC2. The van der Waals surface area contributed by atoms with Crippen LogP contribution in [0.4, 0.5) is 5.82 Å². The third-order valence-corrected chi connectivity index (χ3v) is 3.37. The Morgan fingerprint density at radius 1 is 1.18 bits per heavy atom. The molecular weight excluding hydrogens is 212 g/mol. The third kappa shape index (κ3) is 2.94. The molecule has 1 aliphatic carbocycles. The van der Waals surface area contributed by atoms with Crippen molar-refractivity contribution in [1.29, 1.82) is 0 Å². The molecular formula is C13H22N4. The van der Waals surface area contributed by atoms with Gasteiger partial charge in [-0.3, -0.25) is 0 Å². The molecule has 0 fully saturated rings. The summed E-state index contributed by atoms with van der Waals surface area (Å²) in [7, 11) is 0. The Hall–Kier alpha value is -1.16. The average molecular weight is 234 g/mol. The summed E-state index contributed by atoms with van der Waals surface area (Å²) in [6.07, 6.45) is 9.15. The van der Waals surface area contributed by atoms with E-state index in [2.05, 4.69) is 17.3 Å². The molecule has 1 aromatic heterocycles. The second-order valence-electron chi connectivity index (χ2n) is 4.72. The average Bonchev–Trinajstić information content (AvgIpc) is 2.60. The molecule has 94 valence electrons. The zero-order valence-electron chi connectivity index (χ0n) is 10.6. The largest absolute Gasteiger partial charge is 0.308 e. The lowest BCUT2D eigenvalue weighted by Crippen LogP contribution is -2.15. The monoisotopic (exact) mass is 234 g/mol. The molecule has 0 unspecified atom stereocenters. The molecule has 1 aliphatic rings. The summed E-state index contributed by atoms with van der Waals surface area (Å²) < 4.78 is 0. The molecule has 0 aromatic carbocycles. The summed E-state index contributed by atoms with van der Waals surface area (Å²) in [6, 6.07) is 0. The molecule has 4 nitrogen and oxygen atoms in total. The predicted molar refractivity (Wildman–Crippen MR) is 69.7 cm³/mol. The lowest BCUT2D eigenvalue weighted by atomic mass is 10.1. The number of nitrogen functional groups attached to an aromatic ring is 1. The molecule has 0 bridgehead atoms. The highest BCUT2D eigenvalue weighted by Gasteiger charge is 2.15. The molecule has 0 atom stereocenters. The fourth-order valence-corrected chi connectivity index (χ4v) is 2.39. The zero-order chi connectivity index (χ0) is 12.1. The van der Waals surface area contributed by atoms with E-state index in [0.717, 1.165) is 37.3 Å². The van der Waals surface area contributed by atoms with Crippen LogP contribution in [0.3, 0.4) is 0 Å². The van der Waals surface area contributed by atoms with Crippen molar-refractivity contribution in [2.75, 3.05) is 5.43 Å². The van der Waals surface area contributed by atoms with E-state index in [1.165, 1.54) is 36.9 Å². The molecule has 3 N–H and O–H groups in total. The Bertz CT molecular complexity index is 376. The van der Waals surface area contributed by atoms with Gasteiger partial charge in [0.1, 0.15) is 11.6 Å². The van der Waals surface area contributed by atoms with Crippen LogP contribution in [-0.4, -0.2) is 9.97 Å². The summed E-state index contributed by atoms with van der Waals surface area (Å²) in [6.45, 7) is 2.19. The summed E-state index contributed by atoms with van der Waals surface area (Å²) in [5, 5.41) is 0. The minimum Gasteiger partial charge on any atom is -0.308 e.